The Bertz CT molecular complexity index is 1390. The van der Waals surface area contributed by atoms with Gasteiger partial charge in [-0.2, -0.15) is 0 Å². The van der Waals surface area contributed by atoms with Crippen LogP contribution in [0.1, 0.15) is 11.1 Å². The number of aromatic nitrogens is 2. The normalized spacial score (nSPS) is 10.9. The minimum Gasteiger partial charge on any atom is -0.504 e. The average Bonchev–Trinajstić information content (AvgIpc) is 2.87. The molecule has 0 aliphatic rings. The molecule has 0 saturated heterocycles. The second kappa shape index (κ2) is 10.4. The largest absolute Gasteiger partial charge is 0.504 e. The van der Waals surface area contributed by atoms with E-state index in [4.69, 9.17) is 19.3 Å². The third-order valence-electron chi connectivity index (χ3n) is 5.17. The van der Waals surface area contributed by atoms with Gasteiger partial charge < -0.3 is 29.7 Å². The van der Waals surface area contributed by atoms with E-state index in [1.807, 2.05) is 30.3 Å². The topological polar surface area (TPSA) is 123 Å². The first-order valence-electron chi connectivity index (χ1n) is 10.6. The molecule has 9 heteroatoms. The number of nitrogens with zero attached hydrogens (tertiary/aromatic N) is 2. The molecule has 0 fully saturated rings. The quantitative estimate of drug-likeness (QED) is 0.295. The van der Waals surface area contributed by atoms with Crippen molar-refractivity contribution in [2.75, 3.05) is 19.5 Å². The van der Waals surface area contributed by atoms with Crippen LogP contribution in [0.15, 0.2) is 67.0 Å². The summed E-state index contributed by atoms with van der Waals surface area (Å²) in [4.78, 5) is 19.7. The van der Waals surface area contributed by atoms with E-state index in [0.29, 0.717) is 46.1 Å². The van der Waals surface area contributed by atoms with Crippen LogP contribution in [-0.2, 0) is 11.4 Å². The number of fused-ring (bicyclic) bond motifs is 1. The molecule has 9 nitrogen and oxygen atoms in total. The molecule has 0 radical (unpaired) electrons. The van der Waals surface area contributed by atoms with Crippen molar-refractivity contribution < 1.29 is 29.2 Å². The Morgan fingerprint density at radius 2 is 1.77 bits per heavy atom. The number of anilines is 2. The Morgan fingerprint density at radius 1 is 1.00 bits per heavy atom. The fourth-order valence-corrected chi connectivity index (χ4v) is 3.45. The molecule has 0 atom stereocenters. The summed E-state index contributed by atoms with van der Waals surface area (Å²) in [5.74, 6) is 0.417. The van der Waals surface area contributed by atoms with Gasteiger partial charge in [0.25, 0.3) is 0 Å². The number of aromatic hydroxyl groups is 1. The highest BCUT2D eigenvalue weighted by molar-refractivity contribution is 5.94. The van der Waals surface area contributed by atoms with Gasteiger partial charge in [-0.05, 0) is 23.8 Å². The summed E-state index contributed by atoms with van der Waals surface area (Å²) in [7, 11) is 2.97. The molecule has 0 unspecified atom stereocenters. The van der Waals surface area contributed by atoms with E-state index < -0.39 is 5.97 Å². The Labute approximate surface area is 201 Å². The summed E-state index contributed by atoms with van der Waals surface area (Å²) in [6, 6.07) is 16.2. The number of phenolic OH excluding ortho intramolecular Hbond substituents is 1. The van der Waals surface area contributed by atoms with Crippen LogP contribution in [0.25, 0.3) is 17.0 Å². The third kappa shape index (κ3) is 5.41. The second-order valence-corrected chi connectivity index (χ2v) is 7.42. The van der Waals surface area contributed by atoms with Gasteiger partial charge in [-0.25, -0.2) is 14.8 Å². The molecule has 3 aromatic carbocycles. The SMILES string of the molecule is COc1cc2ncnc(Nc3cc(OCc4ccccc4)c(OC)cc3/C=C/C(=O)O)c2cc1O. The number of phenols is 1. The summed E-state index contributed by atoms with van der Waals surface area (Å²) in [5.41, 5.74) is 2.57. The zero-order valence-corrected chi connectivity index (χ0v) is 19.1. The van der Waals surface area contributed by atoms with Crippen molar-refractivity contribution in [1.82, 2.24) is 9.97 Å². The minimum atomic E-state index is -1.09. The summed E-state index contributed by atoms with van der Waals surface area (Å²) in [5, 5.41) is 23.2. The maximum absolute atomic E-state index is 11.2. The van der Waals surface area contributed by atoms with Crippen molar-refractivity contribution in [3.63, 3.8) is 0 Å². The van der Waals surface area contributed by atoms with Crippen molar-refractivity contribution in [3.05, 3.63) is 78.1 Å². The van der Waals surface area contributed by atoms with Gasteiger partial charge in [0.05, 0.1) is 25.4 Å². The third-order valence-corrected chi connectivity index (χ3v) is 5.17. The summed E-state index contributed by atoms with van der Waals surface area (Å²) < 4.78 is 16.7. The maximum atomic E-state index is 11.2. The van der Waals surface area contributed by atoms with Gasteiger partial charge in [-0.3, -0.25) is 0 Å². The first kappa shape index (κ1) is 23.4. The van der Waals surface area contributed by atoms with Crippen molar-refractivity contribution in [2.24, 2.45) is 0 Å². The number of carboxylic acid groups (broad SMARTS) is 1. The van der Waals surface area contributed by atoms with Crippen LogP contribution in [0.4, 0.5) is 11.5 Å². The smallest absolute Gasteiger partial charge is 0.328 e. The van der Waals surface area contributed by atoms with Crippen LogP contribution in [0, 0.1) is 0 Å². The number of aliphatic carboxylic acids is 1. The fourth-order valence-electron chi connectivity index (χ4n) is 3.45. The second-order valence-electron chi connectivity index (χ2n) is 7.42. The lowest BCUT2D eigenvalue weighted by molar-refractivity contribution is -0.131. The Balaban J connectivity index is 1.77. The van der Waals surface area contributed by atoms with Crippen molar-refractivity contribution >= 4 is 34.5 Å². The lowest BCUT2D eigenvalue weighted by Gasteiger charge is -2.17. The molecule has 0 aliphatic carbocycles. The predicted octanol–water partition coefficient (Wildman–Crippen LogP) is 4.77. The lowest BCUT2D eigenvalue weighted by Crippen LogP contribution is -2.02. The molecule has 0 amide bonds. The first-order valence-corrected chi connectivity index (χ1v) is 10.6. The Morgan fingerprint density at radius 3 is 2.49 bits per heavy atom. The van der Waals surface area contributed by atoms with E-state index in [1.165, 1.54) is 32.7 Å². The van der Waals surface area contributed by atoms with Gasteiger partial charge in [-0.15, -0.1) is 0 Å². The van der Waals surface area contributed by atoms with Crippen LogP contribution in [0.5, 0.6) is 23.0 Å². The monoisotopic (exact) mass is 473 g/mol. The van der Waals surface area contributed by atoms with E-state index in [-0.39, 0.29) is 11.5 Å². The maximum Gasteiger partial charge on any atom is 0.328 e. The van der Waals surface area contributed by atoms with Crippen molar-refractivity contribution in [1.29, 1.82) is 0 Å². The predicted molar refractivity (Wildman–Crippen MR) is 131 cm³/mol. The molecule has 1 heterocycles. The molecule has 0 aliphatic heterocycles. The first-order chi connectivity index (χ1) is 17.0. The molecule has 1 aromatic heterocycles. The molecule has 3 N–H and O–H groups in total. The van der Waals surface area contributed by atoms with E-state index >= 15 is 0 Å². The summed E-state index contributed by atoms with van der Waals surface area (Å²) in [6.07, 6.45) is 3.85. The average molecular weight is 473 g/mol. The highest BCUT2D eigenvalue weighted by Crippen LogP contribution is 2.38. The molecule has 4 rings (SSSR count). The molecule has 0 saturated carbocycles. The number of ether oxygens (including phenoxy) is 3. The lowest BCUT2D eigenvalue weighted by atomic mass is 10.1. The standard InChI is InChI=1S/C26H23N3O6/c1-33-22-13-20-18(11-21(22)30)26(28-15-27-20)29-19-12-24(35-14-16-6-4-3-5-7-16)23(34-2)10-17(19)8-9-25(31)32/h3-13,15,30H,14H2,1-2H3,(H,31,32)(H,27,28,29)/b9-8+. The van der Waals surface area contributed by atoms with E-state index in [2.05, 4.69) is 15.3 Å². The van der Waals surface area contributed by atoms with Gasteiger partial charge in [0.1, 0.15) is 18.8 Å². The van der Waals surface area contributed by atoms with Gasteiger partial charge in [0.2, 0.25) is 0 Å². The molecule has 4 aromatic rings. The Hall–Kier alpha value is -4.79. The molecule has 0 spiro atoms. The molecule has 178 valence electrons. The number of carboxylic acids is 1. The van der Waals surface area contributed by atoms with Gasteiger partial charge in [0.15, 0.2) is 23.0 Å². The minimum absolute atomic E-state index is 0.0644. The molecule has 0 bridgehead atoms. The highest BCUT2D eigenvalue weighted by Gasteiger charge is 2.15. The van der Waals surface area contributed by atoms with Gasteiger partial charge in [-0.1, -0.05) is 30.3 Å². The number of rotatable bonds is 9. The van der Waals surface area contributed by atoms with E-state index in [1.54, 1.807) is 18.2 Å². The highest BCUT2D eigenvalue weighted by atomic mass is 16.5. The number of nitrogens with one attached hydrogen (secondary N) is 1. The molecular weight excluding hydrogens is 450 g/mol. The Kier molecular flexibility index (Phi) is 6.96. The van der Waals surface area contributed by atoms with Crippen LogP contribution in [0.2, 0.25) is 0 Å². The van der Waals surface area contributed by atoms with Crippen LogP contribution in [0.3, 0.4) is 0 Å². The number of carbonyl (C=O) groups is 1. The number of hydrogen-bond acceptors (Lipinski definition) is 8. The van der Waals surface area contributed by atoms with Crippen LogP contribution >= 0.6 is 0 Å². The molecular formula is C26H23N3O6. The number of hydrogen-bond donors (Lipinski definition) is 3. The number of methoxy groups -OCH3 is 2. The fraction of sp³-hybridized carbons (Fsp3) is 0.115. The van der Waals surface area contributed by atoms with E-state index in [9.17, 15) is 9.90 Å². The van der Waals surface area contributed by atoms with E-state index in [0.717, 1.165) is 11.6 Å². The van der Waals surface area contributed by atoms with Crippen LogP contribution in [-0.4, -0.2) is 40.4 Å². The zero-order valence-electron chi connectivity index (χ0n) is 19.1. The summed E-state index contributed by atoms with van der Waals surface area (Å²) >= 11 is 0. The zero-order chi connectivity index (χ0) is 24.8. The summed E-state index contributed by atoms with van der Waals surface area (Å²) in [6.45, 7) is 0.311. The molecule has 35 heavy (non-hydrogen) atoms. The van der Waals surface area contributed by atoms with Crippen LogP contribution < -0.4 is 19.5 Å². The van der Waals surface area contributed by atoms with Crippen molar-refractivity contribution in [3.8, 4) is 23.0 Å². The van der Waals surface area contributed by atoms with Gasteiger partial charge >= 0.3 is 5.97 Å². The van der Waals surface area contributed by atoms with Crippen molar-refractivity contribution in [2.45, 2.75) is 6.61 Å². The number of benzene rings is 3. The van der Waals surface area contributed by atoms with Gasteiger partial charge in [0, 0.05) is 29.2 Å².